The molecule has 1 amide bonds. The number of nitro benzene ring substituents is 1. The number of benzene rings is 1. The maximum absolute atomic E-state index is 12.0. The predicted octanol–water partition coefficient (Wildman–Crippen LogP) is 2.68. The van der Waals surface area contributed by atoms with Crippen LogP contribution in [0.4, 0.5) is 11.4 Å². The number of nitrogens with zero attached hydrogens (tertiary/aromatic N) is 4. The number of anilines is 1. The zero-order chi connectivity index (χ0) is 19.8. The average molecular weight is 380 g/mol. The number of nitro groups is 1. The number of rotatable bonds is 9. The Bertz CT molecular complexity index is 925. The molecule has 28 heavy (non-hydrogen) atoms. The van der Waals surface area contributed by atoms with E-state index in [9.17, 15) is 14.9 Å². The van der Waals surface area contributed by atoms with E-state index >= 15 is 0 Å². The summed E-state index contributed by atoms with van der Waals surface area (Å²) in [5.74, 6) is 0.659. The molecule has 2 heterocycles. The Kier molecular flexibility index (Phi) is 6.29. The number of nitrogens with one attached hydrogen (secondary N) is 2. The second kappa shape index (κ2) is 9.26. The van der Waals surface area contributed by atoms with E-state index in [0.717, 1.165) is 11.3 Å². The van der Waals surface area contributed by atoms with Crippen molar-refractivity contribution in [2.24, 2.45) is 0 Å². The smallest absolute Gasteiger partial charge is 0.269 e. The van der Waals surface area contributed by atoms with Crippen LogP contribution >= 0.6 is 0 Å². The molecule has 3 aromatic rings. The maximum atomic E-state index is 12.0. The quantitative estimate of drug-likeness (QED) is 0.335. The third kappa shape index (κ3) is 5.37. The number of aromatic nitrogens is 3. The minimum atomic E-state index is -0.436. The first-order valence-corrected chi connectivity index (χ1v) is 8.82. The highest BCUT2D eigenvalue weighted by atomic mass is 16.6. The van der Waals surface area contributed by atoms with Crippen LogP contribution in [0.25, 0.3) is 5.82 Å². The molecule has 0 atom stereocenters. The Morgan fingerprint density at radius 2 is 2.00 bits per heavy atom. The number of pyridine rings is 1. The third-order valence-electron chi connectivity index (χ3n) is 4.03. The fraction of sp³-hybridized carbons (Fsp3) is 0.211. The summed E-state index contributed by atoms with van der Waals surface area (Å²) in [6.45, 7) is 1.02. The van der Waals surface area contributed by atoms with Gasteiger partial charge in [-0.05, 0) is 42.3 Å². The number of carbonyl (C=O) groups excluding carboxylic acids is 1. The van der Waals surface area contributed by atoms with Crippen LogP contribution in [-0.4, -0.2) is 32.1 Å². The Labute approximate surface area is 161 Å². The minimum absolute atomic E-state index is 0.0389. The predicted molar refractivity (Wildman–Crippen MR) is 104 cm³/mol. The van der Waals surface area contributed by atoms with Crippen LogP contribution in [0.15, 0.2) is 61.1 Å². The first kappa shape index (κ1) is 19.0. The number of non-ortho nitro benzene ring substituents is 1. The summed E-state index contributed by atoms with van der Waals surface area (Å²) in [5, 5.41) is 20.8. The van der Waals surface area contributed by atoms with Crippen molar-refractivity contribution in [3.8, 4) is 5.82 Å². The van der Waals surface area contributed by atoms with Crippen LogP contribution < -0.4 is 10.6 Å². The van der Waals surface area contributed by atoms with Gasteiger partial charge in [0.05, 0.1) is 4.92 Å². The molecule has 0 aliphatic heterocycles. The molecular weight excluding hydrogens is 360 g/mol. The van der Waals surface area contributed by atoms with E-state index in [1.165, 1.54) is 12.1 Å². The van der Waals surface area contributed by atoms with Crippen LogP contribution in [0.5, 0.6) is 0 Å². The van der Waals surface area contributed by atoms with Crippen LogP contribution in [0.3, 0.4) is 0 Å². The maximum Gasteiger partial charge on any atom is 0.269 e. The summed E-state index contributed by atoms with van der Waals surface area (Å²) in [5.41, 5.74) is 1.78. The lowest BCUT2D eigenvalue weighted by atomic mass is 10.2. The summed E-state index contributed by atoms with van der Waals surface area (Å²) in [6, 6.07) is 11.7. The molecule has 0 saturated heterocycles. The first-order valence-electron chi connectivity index (χ1n) is 8.82. The van der Waals surface area contributed by atoms with Crippen LogP contribution in [-0.2, 0) is 11.3 Å². The zero-order valence-electron chi connectivity index (χ0n) is 15.1. The number of carbonyl (C=O) groups is 1. The van der Waals surface area contributed by atoms with Gasteiger partial charge >= 0.3 is 0 Å². The van der Waals surface area contributed by atoms with E-state index in [2.05, 4.69) is 20.7 Å². The molecule has 1 aromatic carbocycles. The summed E-state index contributed by atoms with van der Waals surface area (Å²) >= 11 is 0. The molecule has 0 aliphatic rings. The lowest BCUT2D eigenvalue weighted by molar-refractivity contribution is -0.384. The molecule has 0 spiro atoms. The van der Waals surface area contributed by atoms with E-state index in [0.29, 0.717) is 31.7 Å². The molecule has 9 nitrogen and oxygen atoms in total. The first-order chi connectivity index (χ1) is 13.6. The lowest BCUT2D eigenvalue weighted by Crippen LogP contribution is -2.23. The average Bonchev–Trinajstić information content (AvgIpc) is 3.25. The van der Waals surface area contributed by atoms with Gasteiger partial charge in [-0.3, -0.25) is 14.9 Å². The van der Waals surface area contributed by atoms with Gasteiger partial charge in [0.15, 0.2) is 5.82 Å². The van der Waals surface area contributed by atoms with E-state index in [4.69, 9.17) is 0 Å². The highest BCUT2D eigenvalue weighted by molar-refractivity contribution is 5.75. The van der Waals surface area contributed by atoms with Gasteiger partial charge in [-0.2, -0.15) is 5.10 Å². The normalized spacial score (nSPS) is 10.4. The van der Waals surface area contributed by atoms with Gasteiger partial charge in [-0.1, -0.05) is 0 Å². The molecule has 3 rings (SSSR count). The van der Waals surface area contributed by atoms with Crippen molar-refractivity contribution in [2.75, 3.05) is 11.9 Å². The van der Waals surface area contributed by atoms with Gasteiger partial charge in [-0.25, -0.2) is 9.67 Å². The molecule has 2 aromatic heterocycles. The van der Waals surface area contributed by atoms with Crippen LogP contribution in [0, 0.1) is 10.1 Å². The molecule has 144 valence electrons. The fourth-order valence-electron chi connectivity index (χ4n) is 2.57. The van der Waals surface area contributed by atoms with Gasteiger partial charge in [0.25, 0.3) is 5.69 Å². The van der Waals surface area contributed by atoms with Crippen molar-refractivity contribution >= 4 is 17.3 Å². The molecule has 0 fully saturated rings. The molecule has 9 heteroatoms. The second-order valence-corrected chi connectivity index (χ2v) is 6.08. The van der Waals surface area contributed by atoms with Gasteiger partial charge in [0, 0.05) is 55.9 Å². The van der Waals surface area contributed by atoms with Crippen molar-refractivity contribution in [1.82, 2.24) is 20.1 Å². The molecule has 0 saturated carbocycles. The van der Waals surface area contributed by atoms with Gasteiger partial charge in [0.1, 0.15) is 0 Å². The number of hydrogen-bond donors (Lipinski definition) is 2. The fourth-order valence-corrected chi connectivity index (χ4v) is 2.57. The van der Waals surface area contributed by atoms with Crippen molar-refractivity contribution in [2.45, 2.75) is 19.4 Å². The molecule has 0 aliphatic carbocycles. The van der Waals surface area contributed by atoms with Gasteiger partial charge < -0.3 is 10.6 Å². The molecular formula is C19H20N6O3. The summed E-state index contributed by atoms with van der Waals surface area (Å²) < 4.78 is 1.66. The Balaban J connectivity index is 1.38. The highest BCUT2D eigenvalue weighted by Gasteiger charge is 2.05. The monoisotopic (exact) mass is 380 g/mol. The zero-order valence-corrected chi connectivity index (χ0v) is 15.1. The molecule has 0 unspecified atom stereocenters. The van der Waals surface area contributed by atoms with E-state index in [1.54, 1.807) is 29.2 Å². The largest absolute Gasteiger partial charge is 0.385 e. The Morgan fingerprint density at radius 3 is 2.71 bits per heavy atom. The van der Waals surface area contributed by atoms with Crippen LogP contribution in [0.2, 0.25) is 0 Å². The van der Waals surface area contributed by atoms with E-state index < -0.39 is 4.92 Å². The Hall–Kier alpha value is -3.75. The SMILES string of the molecule is O=C(CCCNc1ccc([N+](=O)[O-])cc1)NCc1ccnc(-n2cccn2)c1. The topological polar surface area (TPSA) is 115 Å². The van der Waals surface area contributed by atoms with E-state index in [1.807, 2.05) is 24.4 Å². The summed E-state index contributed by atoms with van der Waals surface area (Å²) in [4.78, 5) is 26.5. The van der Waals surface area contributed by atoms with Gasteiger partial charge in [0.2, 0.25) is 5.91 Å². The molecule has 2 N–H and O–H groups in total. The Morgan fingerprint density at radius 1 is 1.18 bits per heavy atom. The van der Waals surface area contributed by atoms with Crippen molar-refractivity contribution < 1.29 is 9.72 Å². The summed E-state index contributed by atoms with van der Waals surface area (Å²) in [7, 11) is 0. The van der Waals surface area contributed by atoms with Gasteiger partial charge in [-0.15, -0.1) is 0 Å². The molecule has 0 bridgehead atoms. The summed E-state index contributed by atoms with van der Waals surface area (Å²) in [6.07, 6.45) is 6.21. The van der Waals surface area contributed by atoms with Crippen molar-refractivity contribution in [3.05, 3.63) is 76.7 Å². The highest BCUT2D eigenvalue weighted by Crippen LogP contribution is 2.15. The van der Waals surface area contributed by atoms with Crippen molar-refractivity contribution in [3.63, 3.8) is 0 Å². The number of hydrogen-bond acceptors (Lipinski definition) is 6. The lowest BCUT2D eigenvalue weighted by Gasteiger charge is -2.08. The third-order valence-corrected chi connectivity index (χ3v) is 4.03. The molecule has 0 radical (unpaired) electrons. The second-order valence-electron chi connectivity index (χ2n) is 6.08. The minimum Gasteiger partial charge on any atom is -0.385 e. The standard InChI is InChI=1S/C19H20N6O3/c26-19(3-1-9-20-16-4-6-17(7-5-16)25(27)28)22-14-15-8-11-21-18(13-15)24-12-2-10-23-24/h2,4-8,10-13,20H,1,3,9,14H2,(H,22,26). The van der Waals surface area contributed by atoms with E-state index in [-0.39, 0.29) is 11.6 Å². The van der Waals surface area contributed by atoms with Crippen LogP contribution in [0.1, 0.15) is 18.4 Å². The van der Waals surface area contributed by atoms with Crippen molar-refractivity contribution in [1.29, 1.82) is 0 Å². The number of amides is 1.